The van der Waals surface area contributed by atoms with Crippen LogP contribution in [0.25, 0.3) is 0 Å². The molecule has 0 spiro atoms. The number of rotatable bonds is 5. The second-order valence-corrected chi connectivity index (χ2v) is 3.52. The maximum absolute atomic E-state index is 5.62. The van der Waals surface area contributed by atoms with Gasteiger partial charge in [-0.05, 0) is 18.9 Å². The van der Waals surface area contributed by atoms with E-state index in [1.165, 1.54) is 12.8 Å². The summed E-state index contributed by atoms with van der Waals surface area (Å²) in [4.78, 5) is 0. The van der Waals surface area contributed by atoms with Gasteiger partial charge in [0.2, 0.25) is 0 Å². The molecule has 1 fully saturated rings. The number of hydrogen-bond acceptors (Lipinski definition) is 2. The van der Waals surface area contributed by atoms with Crippen LogP contribution in [0, 0.1) is 0 Å². The van der Waals surface area contributed by atoms with Gasteiger partial charge in [0.05, 0.1) is 13.2 Å². The number of ether oxygens (including phenoxy) is 2. The highest BCUT2D eigenvalue weighted by molar-refractivity contribution is 4.90. The van der Waals surface area contributed by atoms with E-state index in [4.69, 9.17) is 9.47 Å². The molecule has 76 valence electrons. The van der Waals surface area contributed by atoms with Crippen molar-refractivity contribution in [3.8, 4) is 0 Å². The molecule has 0 aliphatic carbocycles. The third-order valence-electron chi connectivity index (χ3n) is 2.42. The summed E-state index contributed by atoms with van der Waals surface area (Å²) in [5.74, 6) is -0.465. The second kappa shape index (κ2) is 5.40. The van der Waals surface area contributed by atoms with Gasteiger partial charge in [0, 0.05) is 6.42 Å². The third-order valence-corrected chi connectivity index (χ3v) is 2.42. The standard InChI is InChI=1S/C11H20O2/c1-3-5-6-8-11(4-2)12-9-7-10-13-11/h4H,2-3,5-10H2,1H3. The Morgan fingerprint density at radius 1 is 1.31 bits per heavy atom. The third kappa shape index (κ3) is 3.12. The van der Waals surface area contributed by atoms with E-state index in [0.29, 0.717) is 0 Å². The molecular formula is C11H20O2. The van der Waals surface area contributed by atoms with Crippen LogP contribution in [0.2, 0.25) is 0 Å². The zero-order chi connectivity index (χ0) is 9.57. The molecule has 2 heteroatoms. The van der Waals surface area contributed by atoms with Crippen molar-refractivity contribution < 1.29 is 9.47 Å². The molecule has 0 amide bonds. The SMILES string of the molecule is C=CC1(CCCCC)OCCCO1. The van der Waals surface area contributed by atoms with Gasteiger partial charge in [-0.25, -0.2) is 0 Å². The van der Waals surface area contributed by atoms with Crippen molar-refractivity contribution in [1.29, 1.82) is 0 Å². The fraction of sp³-hybridized carbons (Fsp3) is 0.818. The van der Waals surface area contributed by atoms with Crippen molar-refractivity contribution in [2.45, 2.75) is 44.8 Å². The van der Waals surface area contributed by atoms with Crippen LogP contribution in [0.5, 0.6) is 0 Å². The van der Waals surface area contributed by atoms with Crippen LogP contribution in [-0.2, 0) is 9.47 Å². The average Bonchev–Trinajstić information content (AvgIpc) is 2.20. The van der Waals surface area contributed by atoms with Gasteiger partial charge in [-0.15, -0.1) is 0 Å². The smallest absolute Gasteiger partial charge is 0.187 e. The van der Waals surface area contributed by atoms with E-state index in [2.05, 4.69) is 13.5 Å². The Labute approximate surface area is 80.9 Å². The molecule has 0 atom stereocenters. The van der Waals surface area contributed by atoms with Crippen LogP contribution in [0.15, 0.2) is 12.7 Å². The molecular weight excluding hydrogens is 164 g/mol. The minimum Gasteiger partial charge on any atom is -0.346 e. The fourth-order valence-corrected chi connectivity index (χ4v) is 1.58. The summed E-state index contributed by atoms with van der Waals surface area (Å²) in [6.45, 7) is 7.59. The molecule has 0 bridgehead atoms. The first kappa shape index (κ1) is 10.7. The zero-order valence-electron chi connectivity index (χ0n) is 8.55. The van der Waals surface area contributed by atoms with Crippen molar-refractivity contribution in [2.75, 3.05) is 13.2 Å². The lowest BCUT2D eigenvalue weighted by atomic mass is 10.1. The van der Waals surface area contributed by atoms with E-state index >= 15 is 0 Å². The molecule has 0 unspecified atom stereocenters. The molecule has 1 heterocycles. The maximum Gasteiger partial charge on any atom is 0.187 e. The fourth-order valence-electron chi connectivity index (χ4n) is 1.58. The van der Waals surface area contributed by atoms with Crippen molar-refractivity contribution in [2.24, 2.45) is 0 Å². The Morgan fingerprint density at radius 3 is 2.54 bits per heavy atom. The first-order valence-electron chi connectivity index (χ1n) is 5.24. The van der Waals surface area contributed by atoms with Crippen LogP contribution in [0.1, 0.15) is 39.0 Å². The molecule has 0 saturated carbocycles. The molecule has 0 radical (unpaired) electrons. The zero-order valence-corrected chi connectivity index (χ0v) is 8.55. The average molecular weight is 184 g/mol. The summed E-state index contributed by atoms with van der Waals surface area (Å²) in [5, 5.41) is 0. The topological polar surface area (TPSA) is 18.5 Å². The lowest BCUT2D eigenvalue weighted by Gasteiger charge is -2.34. The van der Waals surface area contributed by atoms with Crippen LogP contribution >= 0.6 is 0 Å². The van der Waals surface area contributed by atoms with Gasteiger partial charge >= 0.3 is 0 Å². The lowest BCUT2D eigenvalue weighted by Crippen LogP contribution is -2.38. The Balaban J connectivity index is 2.33. The first-order valence-corrected chi connectivity index (χ1v) is 5.24. The van der Waals surface area contributed by atoms with E-state index in [0.717, 1.165) is 32.5 Å². The van der Waals surface area contributed by atoms with Crippen LogP contribution < -0.4 is 0 Å². The second-order valence-electron chi connectivity index (χ2n) is 3.52. The summed E-state index contributed by atoms with van der Waals surface area (Å²) < 4.78 is 11.2. The summed E-state index contributed by atoms with van der Waals surface area (Å²) in [5.41, 5.74) is 0. The molecule has 13 heavy (non-hydrogen) atoms. The van der Waals surface area contributed by atoms with Crippen molar-refractivity contribution in [3.63, 3.8) is 0 Å². The van der Waals surface area contributed by atoms with Gasteiger partial charge in [0.1, 0.15) is 0 Å². The van der Waals surface area contributed by atoms with E-state index in [-0.39, 0.29) is 0 Å². The van der Waals surface area contributed by atoms with Crippen molar-refractivity contribution in [3.05, 3.63) is 12.7 Å². The quantitative estimate of drug-likeness (QED) is 0.483. The van der Waals surface area contributed by atoms with Crippen LogP contribution in [0.4, 0.5) is 0 Å². The van der Waals surface area contributed by atoms with Crippen LogP contribution in [0.3, 0.4) is 0 Å². The van der Waals surface area contributed by atoms with Gasteiger partial charge in [-0.2, -0.15) is 0 Å². The minimum atomic E-state index is -0.465. The maximum atomic E-state index is 5.62. The van der Waals surface area contributed by atoms with Gasteiger partial charge < -0.3 is 9.47 Å². The Morgan fingerprint density at radius 2 is 2.00 bits per heavy atom. The van der Waals surface area contributed by atoms with Crippen molar-refractivity contribution in [1.82, 2.24) is 0 Å². The molecule has 1 saturated heterocycles. The molecule has 0 aromatic heterocycles. The number of unbranched alkanes of at least 4 members (excludes halogenated alkanes) is 2. The summed E-state index contributed by atoms with van der Waals surface area (Å²) in [6.07, 6.45) is 7.38. The minimum absolute atomic E-state index is 0.465. The highest BCUT2D eigenvalue weighted by Crippen LogP contribution is 2.26. The molecule has 0 N–H and O–H groups in total. The van der Waals surface area contributed by atoms with E-state index in [9.17, 15) is 0 Å². The van der Waals surface area contributed by atoms with Gasteiger partial charge in [0.15, 0.2) is 5.79 Å². The van der Waals surface area contributed by atoms with E-state index in [1.807, 2.05) is 6.08 Å². The molecule has 1 aliphatic heterocycles. The molecule has 0 aromatic carbocycles. The molecule has 2 nitrogen and oxygen atoms in total. The highest BCUT2D eigenvalue weighted by atomic mass is 16.7. The highest BCUT2D eigenvalue weighted by Gasteiger charge is 2.30. The van der Waals surface area contributed by atoms with Gasteiger partial charge in [0.25, 0.3) is 0 Å². The molecule has 1 aliphatic rings. The van der Waals surface area contributed by atoms with E-state index < -0.39 is 5.79 Å². The normalized spacial score (nSPS) is 21.3. The Hall–Kier alpha value is -0.340. The summed E-state index contributed by atoms with van der Waals surface area (Å²) in [7, 11) is 0. The Bertz CT molecular complexity index is 148. The van der Waals surface area contributed by atoms with Crippen molar-refractivity contribution >= 4 is 0 Å². The summed E-state index contributed by atoms with van der Waals surface area (Å²) >= 11 is 0. The summed E-state index contributed by atoms with van der Waals surface area (Å²) in [6, 6.07) is 0. The predicted molar refractivity (Wildman–Crippen MR) is 53.6 cm³/mol. The predicted octanol–water partition coefficient (Wildman–Crippen LogP) is 2.89. The lowest BCUT2D eigenvalue weighted by molar-refractivity contribution is -0.239. The van der Waals surface area contributed by atoms with Crippen LogP contribution in [-0.4, -0.2) is 19.0 Å². The molecule has 0 aromatic rings. The molecule has 1 rings (SSSR count). The largest absolute Gasteiger partial charge is 0.346 e. The van der Waals surface area contributed by atoms with Gasteiger partial charge in [-0.3, -0.25) is 0 Å². The number of hydrogen-bond donors (Lipinski definition) is 0. The first-order chi connectivity index (χ1) is 6.33. The Kier molecular flexibility index (Phi) is 4.46. The van der Waals surface area contributed by atoms with Gasteiger partial charge in [-0.1, -0.05) is 26.3 Å². The monoisotopic (exact) mass is 184 g/mol. The van der Waals surface area contributed by atoms with E-state index in [1.54, 1.807) is 0 Å².